The Morgan fingerprint density at radius 2 is 1.30 bits per heavy atom. The Hall–Kier alpha value is -2.68. The van der Waals surface area contributed by atoms with Gasteiger partial charge in [-0.15, -0.1) is 0 Å². The van der Waals surface area contributed by atoms with Gasteiger partial charge in [-0.1, -0.05) is 23.8 Å². The molecule has 3 nitrogen and oxygen atoms in total. The van der Waals surface area contributed by atoms with Gasteiger partial charge in [0, 0.05) is 10.8 Å². The van der Waals surface area contributed by atoms with Gasteiger partial charge in [-0.25, -0.2) is 0 Å². The number of furan rings is 1. The lowest BCUT2D eigenvalue weighted by Crippen LogP contribution is -1.91. The van der Waals surface area contributed by atoms with Crippen LogP contribution < -0.4 is 9.47 Å². The topological polar surface area (TPSA) is 31.6 Å². The minimum atomic E-state index is 0.711. The minimum Gasteiger partial charge on any atom is -0.493 e. The van der Waals surface area contributed by atoms with Crippen LogP contribution in [0.2, 0.25) is 0 Å². The smallest absolute Gasteiger partial charge is 0.161 e. The molecule has 1 aromatic heterocycles. The molecule has 0 aliphatic carbocycles. The normalized spacial score (nSPS) is 11.5. The molecule has 1 heterocycles. The molecule has 4 rings (SSSR count). The van der Waals surface area contributed by atoms with E-state index in [4.69, 9.17) is 13.9 Å². The molecule has 0 unspecified atom stereocenters. The number of ether oxygens (including phenoxy) is 2. The van der Waals surface area contributed by atoms with E-state index in [1.54, 1.807) is 14.2 Å². The fourth-order valence-electron chi connectivity index (χ4n) is 3.32. The van der Waals surface area contributed by atoms with E-state index in [1.807, 2.05) is 19.1 Å². The second kappa shape index (κ2) is 4.92. The summed E-state index contributed by atoms with van der Waals surface area (Å²) in [6.07, 6.45) is 0. The Bertz CT molecular complexity index is 1060. The summed E-state index contributed by atoms with van der Waals surface area (Å²) in [6, 6.07) is 12.7. The maximum atomic E-state index is 6.00. The van der Waals surface area contributed by atoms with Crippen LogP contribution in [0.3, 0.4) is 0 Å². The van der Waals surface area contributed by atoms with E-state index in [2.05, 4.69) is 31.2 Å². The molecule has 0 aliphatic heterocycles. The quantitative estimate of drug-likeness (QED) is 0.466. The molecule has 0 fully saturated rings. The molecule has 23 heavy (non-hydrogen) atoms. The van der Waals surface area contributed by atoms with E-state index in [9.17, 15) is 0 Å². The van der Waals surface area contributed by atoms with Gasteiger partial charge in [0.1, 0.15) is 11.3 Å². The maximum Gasteiger partial charge on any atom is 0.161 e. The van der Waals surface area contributed by atoms with Crippen molar-refractivity contribution in [2.75, 3.05) is 14.2 Å². The van der Waals surface area contributed by atoms with Crippen LogP contribution in [0.25, 0.3) is 32.5 Å². The summed E-state index contributed by atoms with van der Waals surface area (Å²) in [5.41, 5.74) is 2.13. The second-order valence-electron chi connectivity index (χ2n) is 5.90. The van der Waals surface area contributed by atoms with Gasteiger partial charge in [0.05, 0.1) is 14.2 Å². The highest BCUT2D eigenvalue weighted by Crippen LogP contribution is 2.41. The molecule has 0 saturated heterocycles. The highest BCUT2D eigenvalue weighted by Gasteiger charge is 2.16. The van der Waals surface area contributed by atoms with Crippen LogP contribution in [-0.4, -0.2) is 14.2 Å². The molecule has 0 bridgehead atoms. The highest BCUT2D eigenvalue weighted by molar-refractivity contribution is 6.24. The van der Waals surface area contributed by atoms with Gasteiger partial charge >= 0.3 is 0 Å². The first-order valence-corrected chi connectivity index (χ1v) is 7.60. The third-order valence-corrected chi connectivity index (χ3v) is 4.38. The first kappa shape index (κ1) is 13.9. The largest absolute Gasteiger partial charge is 0.493 e. The van der Waals surface area contributed by atoms with E-state index < -0.39 is 0 Å². The number of benzene rings is 3. The van der Waals surface area contributed by atoms with E-state index in [0.717, 1.165) is 33.3 Å². The van der Waals surface area contributed by atoms with Crippen LogP contribution in [0.5, 0.6) is 11.5 Å². The Balaban J connectivity index is 2.31. The lowest BCUT2D eigenvalue weighted by atomic mass is 9.96. The zero-order chi connectivity index (χ0) is 16.1. The zero-order valence-electron chi connectivity index (χ0n) is 13.7. The number of rotatable bonds is 2. The maximum absolute atomic E-state index is 6.00. The average molecular weight is 306 g/mol. The van der Waals surface area contributed by atoms with Crippen molar-refractivity contribution in [3.63, 3.8) is 0 Å². The van der Waals surface area contributed by atoms with Gasteiger partial charge in [0.15, 0.2) is 11.5 Å². The lowest BCUT2D eigenvalue weighted by Gasteiger charge is -2.12. The van der Waals surface area contributed by atoms with Gasteiger partial charge in [-0.2, -0.15) is 0 Å². The lowest BCUT2D eigenvalue weighted by molar-refractivity contribution is 0.356. The summed E-state index contributed by atoms with van der Waals surface area (Å²) >= 11 is 0. The van der Waals surface area contributed by atoms with Gasteiger partial charge in [-0.05, 0) is 48.2 Å². The molecule has 3 heteroatoms. The molecule has 0 radical (unpaired) electrons. The number of hydrogen-bond donors (Lipinski definition) is 0. The van der Waals surface area contributed by atoms with Crippen LogP contribution in [0.15, 0.2) is 40.8 Å². The Kier molecular flexibility index (Phi) is 2.98. The third-order valence-electron chi connectivity index (χ3n) is 4.38. The fraction of sp³-hybridized carbons (Fsp3) is 0.200. The third kappa shape index (κ3) is 1.96. The van der Waals surface area contributed by atoms with Crippen molar-refractivity contribution in [3.8, 4) is 11.5 Å². The number of aryl methyl sites for hydroxylation is 2. The summed E-state index contributed by atoms with van der Waals surface area (Å²) in [7, 11) is 3.31. The van der Waals surface area contributed by atoms with E-state index >= 15 is 0 Å². The van der Waals surface area contributed by atoms with Crippen LogP contribution in [0.1, 0.15) is 11.3 Å². The Morgan fingerprint density at radius 1 is 0.696 bits per heavy atom. The molecular formula is C20H18O3. The first-order valence-electron chi connectivity index (χ1n) is 7.60. The van der Waals surface area contributed by atoms with Crippen molar-refractivity contribution in [3.05, 3.63) is 47.7 Å². The molecule has 4 aromatic rings. The number of methoxy groups -OCH3 is 2. The van der Waals surface area contributed by atoms with Gasteiger partial charge in [0.2, 0.25) is 0 Å². The SMILES string of the molecule is COc1cc2c3cc(C)ccc3c3cc(C)oc3c2cc1OC. The predicted octanol–water partition coefficient (Wildman–Crippen LogP) is 5.37. The number of hydrogen-bond acceptors (Lipinski definition) is 3. The summed E-state index contributed by atoms with van der Waals surface area (Å²) in [6.45, 7) is 4.09. The first-order chi connectivity index (χ1) is 11.1. The summed E-state index contributed by atoms with van der Waals surface area (Å²) in [5.74, 6) is 2.34. The minimum absolute atomic E-state index is 0.711. The van der Waals surface area contributed by atoms with E-state index in [1.165, 1.54) is 16.3 Å². The van der Waals surface area contributed by atoms with Crippen LogP contribution in [0.4, 0.5) is 0 Å². The van der Waals surface area contributed by atoms with Crippen molar-refractivity contribution in [2.24, 2.45) is 0 Å². The Morgan fingerprint density at radius 3 is 2.00 bits per heavy atom. The molecule has 0 spiro atoms. The van der Waals surface area contributed by atoms with Crippen molar-refractivity contribution in [1.82, 2.24) is 0 Å². The average Bonchev–Trinajstić information content (AvgIpc) is 2.95. The van der Waals surface area contributed by atoms with E-state index in [-0.39, 0.29) is 0 Å². The second-order valence-corrected chi connectivity index (χ2v) is 5.90. The van der Waals surface area contributed by atoms with Crippen molar-refractivity contribution in [2.45, 2.75) is 13.8 Å². The van der Waals surface area contributed by atoms with Gasteiger partial charge in [0.25, 0.3) is 0 Å². The molecule has 0 N–H and O–H groups in total. The van der Waals surface area contributed by atoms with Crippen LogP contribution in [0, 0.1) is 13.8 Å². The van der Waals surface area contributed by atoms with Crippen molar-refractivity contribution in [1.29, 1.82) is 0 Å². The zero-order valence-corrected chi connectivity index (χ0v) is 13.7. The molecule has 0 saturated carbocycles. The van der Waals surface area contributed by atoms with Crippen LogP contribution in [-0.2, 0) is 0 Å². The van der Waals surface area contributed by atoms with E-state index in [0.29, 0.717) is 5.75 Å². The number of fused-ring (bicyclic) bond motifs is 6. The molecule has 116 valence electrons. The summed E-state index contributed by atoms with van der Waals surface area (Å²) in [4.78, 5) is 0. The molecule has 0 amide bonds. The standard InChI is InChI=1S/C20H18O3/c1-11-5-6-13-14(7-11)15-9-18(21-3)19(22-4)10-17(15)20-16(13)8-12(2)23-20/h5-10H,1-4H3. The highest BCUT2D eigenvalue weighted by atomic mass is 16.5. The molecule has 0 aliphatic rings. The molecule has 3 aromatic carbocycles. The van der Waals surface area contributed by atoms with Crippen molar-refractivity contribution < 1.29 is 13.9 Å². The molecular weight excluding hydrogens is 288 g/mol. The molecule has 0 atom stereocenters. The Labute approximate surface area is 134 Å². The fourth-order valence-corrected chi connectivity index (χ4v) is 3.32. The monoisotopic (exact) mass is 306 g/mol. The summed E-state index contributed by atoms with van der Waals surface area (Å²) in [5, 5.41) is 5.70. The van der Waals surface area contributed by atoms with Gasteiger partial charge < -0.3 is 13.9 Å². The summed E-state index contributed by atoms with van der Waals surface area (Å²) < 4.78 is 17.0. The van der Waals surface area contributed by atoms with Crippen molar-refractivity contribution >= 4 is 32.5 Å². The van der Waals surface area contributed by atoms with Crippen LogP contribution >= 0.6 is 0 Å². The predicted molar refractivity (Wildman–Crippen MR) is 93.8 cm³/mol. The van der Waals surface area contributed by atoms with Gasteiger partial charge in [-0.3, -0.25) is 0 Å².